The third-order valence-corrected chi connectivity index (χ3v) is 8.06. The van der Waals surface area contributed by atoms with Crippen LogP contribution < -0.4 is 10.5 Å². The third kappa shape index (κ3) is 3.85. The van der Waals surface area contributed by atoms with Crippen molar-refractivity contribution in [2.45, 2.75) is 38.0 Å². The number of carbonyl (C=O) groups is 3. The van der Waals surface area contributed by atoms with Gasteiger partial charge in [0.05, 0.1) is 11.6 Å². The van der Waals surface area contributed by atoms with E-state index in [2.05, 4.69) is 0 Å². The van der Waals surface area contributed by atoms with Gasteiger partial charge in [0, 0.05) is 17.1 Å². The summed E-state index contributed by atoms with van der Waals surface area (Å²) in [5, 5.41) is 34.0. The van der Waals surface area contributed by atoms with Crippen molar-refractivity contribution in [1.29, 1.82) is 0 Å². The van der Waals surface area contributed by atoms with Crippen molar-refractivity contribution >= 4 is 17.5 Å². The van der Waals surface area contributed by atoms with Crippen molar-refractivity contribution in [3.05, 3.63) is 87.1 Å². The number of amides is 1. The third-order valence-electron chi connectivity index (χ3n) is 8.06. The Hall–Kier alpha value is -4.02. The second-order valence-corrected chi connectivity index (χ2v) is 10.6. The molecule has 0 radical (unpaired) electrons. The first-order valence-electron chi connectivity index (χ1n) is 12.5. The minimum Gasteiger partial charge on any atom is -0.510 e. The van der Waals surface area contributed by atoms with E-state index in [4.69, 9.17) is 10.5 Å². The predicted molar refractivity (Wildman–Crippen MR) is 137 cm³/mol. The number of allylic oxidation sites excluding steroid dienone is 1. The van der Waals surface area contributed by atoms with E-state index < -0.39 is 63.9 Å². The summed E-state index contributed by atoms with van der Waals surface area (Å²) < 4.78 is 21.3. The molecule has 39 heavy (non-hydrogen) atoms. The number of hydrogen-bond donors (Lipinski definition) is 4. The first-order valence-corrected chi connectivity index (χ1v) is 12.5. The number of fused-ring (bicyclic) bond motifs is 3. The van der Waals surface area contributed by atoms with Crippen LogP contribution in [0, 0.1) is 24.6 Å². The van der Waals surface area contributed by atoms with Crippen LogP contribution in [0.2, 0.25) is 0 Å². The second kappa shape index (κ2) is 9.32. The maximum atomic E-state index is 15.3. The number of aliphatic hydroxyl groups excluding tert-OH is 2. The Balaban J connectivity index is 1.66. The van der Waals surface area contributed by atoms with Gasteiger partial charge in [-0.15, -0.1) is 0 Å². The number of halogens is 1. The fourth-order valence-electron chi connectivity index (χ4n) is 6.30. The van der Waals surface area contributed by atoms with Crippen LogP contribution in [-0.4, -0.2) is 63.4 Å². The van der Waals surface area contributed by atoms with Crippen molar-refractivity contribution < 1.29 is 38.8 Å². The molecule has 5 N–H and O–H groups in total. The number of nitrogens with zero attached hydrogens (tertiary/aromatic N) is 1. The fourth-order valence-corrected chi connectivity index (χ4v) is 6.30. The molecule has 0 heterocycles. The molecule has 4 atom stereocenters. The summed E-state index contributed by atoms with van der Waals surface area (Å²) in [6.45, 7) is 1.70. The Morgan fingerprint density at radius 3 is 2.49 bits per heavy atom. The number of ether oxygens (including phenoxy) is 1. The van der Waals surface area contributed by atoms with Gasteiger partial charge in [0.2, 0.25) is 5.78 Å². The molecule has 2 aromatic carbocycles. The van der Waals surface area contributed by atoms with Crippen LogP contribution in [-0.2, 0) is 22.6 Å². The first kappa shape index (κ1) is 26.6. The van der Waals surface area contributed by atoms with E-state index in [1.165, 1.54) is 11.0 Å². The van der Waals surface area contributed by atoms with Gasteiger partial charge < -0.3 is 25.8 Å². The summed E-state index contributed by atoms with van der Waals surface area (Å²) in [7, 11) is 3.12. The van der Waals surface area contributed by atoms with Crippen LogP contribution in [0.25, 0.3) is 0 Å². The number of rotatable bonds is 5. The topological polar surface area (TPSA) is 150 Å². The van der Waals surface area contributed by atoms with Gasteiger partial charge in [0.15, 0.2) is 11.4 Å². The van der Waals surface area contributed by atoms with Crippen LogP contribution in [0.1, 0.15) is 33.5 Å². The van der Waals surface area contributed by atoms with Crippen molar-refractivity contribution in [1.82, 2.24) is 4.90 Å². The molecule has 0 aliphatic heterocycles. The molecule has 5 rings (SSSR count). The Morgan fingerprint density at radius 1 is 1.21 bits per heavy atom. The van der Waals surface area contributed by atoms with Gasteiger partial charge in [-0.25, -0.2) is 4.39 Å². The molecule has 3 aliphatic carbocycles. The van der Waals surface area contributed by atoms with E-state index in [-0.39, 0.29) is 41.9 Å². The van der Waals surface area contributed by atoms with Gasteiger partial charge in [-0.05, 0) is 57.0 Å². The molecule has 0 unspecified atom stereocenters. The van der Waals surface area contributed by atoms with Gasteiger partial charge >= 0.3 is 0 Å². The largest absolute Gasteiger partial charge is 0.510 e. The normalized spacial score (nSPS) is 26.4. The lowest BCUT2D eigenvalue weighted by Crippen LogP contribution is -2.63. The molecule has 10 heteroatoms. The van der Waals surface area contributed by atoms with Gasteiger partial charge in [0.25, 0.3) is 5.91 Å². The Bertz CT molecular complexity index is 1480. The molecule has 1 amide bonds. The number of hydrogen-bond acceptors (Lipinski definition) is 8. The van der Waals surface area contributed by atoms with E-state index in [9.17, 15) is 29.7 Å². The molecule has 0 fully saturated rings. The highest BCUT2D eigenvalue weighted by Crippen LogP contribution is 2.52. The molecule has 0 saturated heterocycles. The summed E-state index contributed by atoms with van der Waals surface area (Å²) in [4.78, 5) is 41.0. The lowest BCUT2D eigenvalue weighted by atomic mass is 9.58. The Morgan fingerprint density at radius 2 is 1.87 bits per heavy atom. The zero-order valence-electron chi connectivity index (χ0n) is 21.7. The van der Waals surface area contributed by atoms with Crippen molar-refractivity contribution in [3.63, 3.8) is 0 Å². The van der Waals surface area contributed by atoms with Crippen molar-refractivity contribution in [3.8, 4) is 5.75 Å². The number of likely N-dealkylation sites (N-methyl/N-ethyl adjacent to an activating group) is 1. The molecule has 9 nitrogen and oxygen atoms in total. The predicted octanol–water partition coefficient (Wildman–Crippen LogP) is 2.44. The monoisotopic (exact) mass is 536 g/mol. The average molecular weight is 537 g/mol. The van der Waals surface area contributed by atoms with Crippen molar-refractivity contribution in [2.75, 3.05) is 14.1 Å². The lowest BCUT2D eigenvalue weighted by molar-refractivity contribution is -0.148. The highest BCUT2D eigenvalue weighted by Gasteiger charge is 2.63. The summed E-state index contributed by atoms with van der Waals surface area (Å²) in [6, 6.07) is 9.40. The highest BCUT2D eigenvalue weighted by atomic mass is 19.1. The Kier molecular flexibility index (Phi) is 6.35. The molecule has 0 aromatic heterocycles. The van der Waals surface area contributed by atoms with Gasteiger partial charge in [-0.3, -0.25) is 19.3 Å². The van der Waals surface area contributed by atoms with Crippen LogP contribution in [0.3, 0.4) is 0 Å². The molecule has 204 valence electrons. The van der Waals surface area contributed by atoms with E-state index in [1.807, 2.05) is 30.3 Å². The number of primary amides is 1. The van der Waals surface area contributed by atoms with E-state index in [1.54, 1.807) is 21.0 Å². The summed E-state index contributed by atoms with van der Waals surface area (Å²) in [5.41, 5.74) is 2.81. The first-order chi connectivity index (χ1) is 18.4. The average Bonchev–Trinajstić information content (AvgIpc) is 2.86. The van der Waals surface area contributed by atoms with Gasteiger partial charge in [-0.2, -0.15) is 0 Å². The molecule has 0 saturated carbocycles. The van der Waals surface area contributed by atoms with Crippen molar-refractivity contribution in [2.24, 2.45) is 17.6 Å². The fraction of sp³-hybridized carbons (Fsp3) is 0.345. The minimum atomic E-state index is -2.70. The lowest BCUT2D eigenvalue weighted by Gasteiger charge is -2.50. The Labute approximate surface area is 224 Å². The maximum Gasteiger partial charge on any atom is 0.255 e. The van der Waals surface area contributed by atoms with Crippen LogP contribution >= 0.6 is 0 Å². The van der Waals surface area contributed by atoms with E-state index in [0.29, 0.717) is 5.56 Å². The standard InChI is InChI=1S/C29H29FN2O7/c1-13-9-18(30)16-10-15-11-17-22(32(2)3)24(34)21(28(31)37)27(36)29(17,38)26(35)19(15)23(33)20(16)25(13)39-12-14-7-5-4-6-8-14/h4-9,15,17,22,34-35,38H,10-12H2,1-3H3,(H2,31,37)/t15-,17-,22-,29-/m0/s1. The quantitative estimate of drug-likeness (QED) is 0.426. The number of aryl methyl sites for hydroxylation is 1. The van der Waals surface area contributed by atoms with Gasteiger partial charge in [-0.1, -0.05) is 30.3 Å². The summed E-state index contributed by atoms with van der Waals surface area (Å²) in [6.07, 6.45) is -0.0678. The zero-order chi connectivity index (χ0) is 28.4. The van der Waals surface area contributed by atoms with Crippen LogP contribution in [0.4, 0.5) is 4.39 Å². The van der Waals surface area contributed by atoms with E-state index in [0.717, 1.165) is 5.56 Å². The SMILES string of the molecule is Cc1cc(F)c2c(c1OCc1ccccc1)C(=O)C1=C(O)[C@]3(O)C(=O)C(C(N)=O)=C(O)[C@@H](N(C)C)[C@@H]3C[C@@H]1C2. The zero-order valence-corrected chi connectivity index (χ0v) is 21.7. The second-order valence-electron chi connectivity index (χ2n) is 10.6. The summed E-state index contributed by atoms with van der Waals surface area (Å²) >= 11 is 0. The number of nitrogens with two attached hydrogens (primary N) is 1. The maximum absolute atomic E-state index is 15.3. The molecular weight excluding hydrogens is 507 g/mol. The number of Topliss-reactive ketones (excluding diaryl/α,β-unsaturated/α-hetero) is 2. The minimum absolute atomic E-state index is 0.0116. The molecule has 0 bridgehead atoms. The molecule has 2 aromatic rings. The number of benzene rings is 2. The molecular formula is C29H29FN2O7. The van der Waals surface area contributed by atoms with Crippen LogP contribution in [0.5, 0.6) is 5.75 Å². The summed E-state index contributed by atoms with van der Waals surface area (Å²) in [5.74, 6) is -7.25. The van der Waals surface area contributed by atoms with Gasteiger partial charge in [0.1, 0.15) is 35.3 Å². The number of aliphatic hydroxyl groups is 3. The molecule has 0 spiro atoms. The smallest absolute Gasteiger partial charge is 0.255 e. The van der Waals surface area contributed by atoms with E-state index >= 15 is 4.39 Å². The number of ketones is 2. The number of carbonyl (C=O) groups excluding carboxylic acids is 3. The van der Waals surface area contributed by atoms with Crippen LogP contribution in [0.15, 0.2) is 59.1 Å². The highest BCUT2D eigenvalue weighted by molar-refractivity contribution is 6.24. The molecule has 3 aliphatic rings.